The van der Waals surface area contributed by atoms with Gasteiger partial charge >= 0.3 is 0 Å². The second kappa shape index (κ2) is 9.19. The molecule has 1 radical (unpaired) electrons. The third-order valence-corrected chi connectivity index (χ3v) is 9.03. The van der Waals surface area contributed by atoms with Crippen LogP contribution in [0.5, 0.6) is 0 Å². The Balaban J connectivity index is 1.36. The number of anilines is 1. The van der Waals surface area contributed by atoms with E-state index in [4.69, 9.17) is 14.7 Å². The van der Waals surface area contributed by atoms with Crippen LogP contribution in [-0.2, 0) is 21.3 Å². The summed E-state index contributed by atoms with van der Waals surface area (Å²) >= 11 is 1.73. The number of ether oxygens (including phenoxy) is 1. The fraction of sp³-hybridized carbons (Fsp3) is 0.435. The number of hydrogen-bond donors (Lipinski definition) is 1. The first-order valence-corrected chi connectivity index (χ1v) is 14.4. The second-order valence-electron chi connectivity index (χ2n) is 8.97. The lowest BCUT2D eigenvalue weighted by molar-refractivity contribution is 0.0898. The van der Waals surface area contributed by atoms with E-state index in [-0.39, 0.29) is 0 Å². The van der Waals surface area contributed by atoms with Crippen molar-refractivity contribution in [3.63, 3.8) is 0 Å². The van der Waals surface area contributed by atoms with Crippen LogP contribution in [0.25, 0.3) is 32.5 Å². The van der Waals surface area contributed by atoms with Crippen molar-refractivity contribution in [2.75, 3.05) is 58.7 Å². The third-order valence-electron chi connectivity index (χ3n) is 6.62. The number of benzene rings is 1. The molecule has 0 spiro atoms. The second-order valence-corrected chi connectivity index (χ2v) is 12.1. The van der Waals surface area contributed by atoms with E-state index < -0.39 is 10.0 Å². The van der Waals surface area contributed by atoms with Crippen molar-refractivity contribution in [1.82, 2.24) is 34.3 Å². The summed E-state index contributed by atoms with van der Waals surface area (Å²) in [5.74, 6) is 1.64. The standard InChI is InChI=1S/C23H27N7O3S2/c1-35(31,32)30-7-5-28(6-8-30)15-16-13-20-21(34-16)23(29-9-11-33-12-10-29)26-22(25-20)17-3-2-4-19-18(17)14-24-27-19/h2-4,13-14H,5-12,15H2,1H3,(H,24,27)/q+1. The highest BCUT2D eigenvalue weighted by Gasteiger charge is 2.30. The molecule has 10 nitrogen and oxygen atoms in total. The van der Waals surface area contributed by atoms with Gasteiger partial charge in [-0.25, -0.2) is 13.4 Å². The highest BCUT2D eigenvalue weighted by molar-refractivity contribution is 7.88. The average molecular weight is 514 g/mol. The van der Waals surface area contributed by atoms with Crippen LogP contribution in [0.15, 0.2) is 30.5 Å². The van der Waals surface area contributed by atoms with E-state index >= 15 is 0 Å². The molecule has 2 saturated heterocycles. The minimum Gasteiger partial charge on any atom is -0.369 e. The van der Waals surface area contributed by atoms with E-state index in [0.717, 1.165) is 65.2 Å². The summed E-state index contributed by atoms with van der Waals surface area (Å²) in [5.41, 5.74) is 2.85. The Morgan fingerprint density at radius 1 is 1.14 bits per heavy atom. The molecule has 0 aliphatic carbocycles. The molecule has 6 rings (SSSR count). The normalized spacial score (nSPS) is 19.1. The highest BCUT2D eigenvalue weighted by atomic mass is 32.2. The number of nitrogens with zero attached hydrogens (tertiary/aromatic N) is 6. The van der Waals surface area contributed by atoms with Gasteiger partial charge in [0.05, 0.1) is 23.5 Å². The molecule has 2 fully saturated rings. The maximum absolute atomic E-state index is 11.8. The van der Waals surface area contributed by atoms with Crippen molar-refractivity contribution in [3.8, 4) is 11.4 Å². The lowest BCUT2D eigenvalue weighted by atomic mass is 10.1. The zero-order valence-corrected chi connectivity index (χ0v) is 21.1. The molecular formula is C23H27N7O3S2+. The molecule has 0 unspecified atom stereocenters. The van der Waals surface area contributed by atoms with Crippen LogP contribution in [0.1, 0.15) is 4.88 Å². The van der Waals surface area contributed by atoms with Crippen LogP contribution in [-0.4, -0.2) is 96.5 Å². The predicted molar refractivity (Wildman–Crippen MR) is 137 cm³/mol. The molecule has 5 heterocycles. The number of rotatable bonds is 5. The van der Waals surface area contributed by atoms with Gasteiger partial charge in [-0.2, -0.15) is 14.4 Å². The summed E-state index contributed by atoms with van der Waals surface area (Å²) in [4.78, 5) is 15.8. The predicted octanol–water partition coefficient (Wildman–Crippen LogP) is 2.11. The van der Waals surface area contributed by atoms with E-state index in [1.807, 2.05) is 24.4 Å². The van der Waals surface area contributed by atoms with Gasteiger partial charge in [-0.05, 0) is 12.1 Å². The minimum atomic E-state index is -3.13. The molecule has 3 aromatic heterocycles. The number of thiophene rings is 1. The summed E-state index contributed by atoms with van der Waals surface area (Å²) in [7, 11) is -3.13. The number of nitrogens with one attached hydrogen (secondary N) is 1. The molecule has 0 bridgehead atoms. The Bertz CT molecular complexity index is 1470. The number of hydrogen-bond acceptors (Lipinski definition) is 9. The summed E-state index contributed by atoms with van der Waals surface area (Å²) < 4.78 is 31.9. The molecular weight excluding hydrogens is 486 g/mol. The van der Waals surface area contributed by atoms with Gasteiger partial charge in [0.15, 0.2) is 18.9 Å². The number of aromatic amines is 1. The molecule has 1 aromatic carbocycles. The van der Waals surface area contributed by atoms with Gasteiger partial charge < -0.3 is 4.74 Å². The van der Waals surface area contributed by atoms with Crippen LogP contribution in [0, 0.1) is 0 Å². The van der Waals surface area contributed by atoms with Crippen molar-refractivity contribution in [1.29, 1.82) is 0 Å². The van der Waals surface area contributed by atoms with Gasteiger partial charge in [-0.15, -0.1) is 16.2 Å². The fourth-order valence-electron chi connectivity index (χ4n) is 4.75. The van der Waals surface area contributed by atoms with E-state index in [0.29, 0.717) is 32.1 Å². The Hall–Kier alpha value is -2.48. The van der Waals surface area contributed by atoms with Crippen molar-refractivity contribution in [2.24, 2.45) is 0 Å². The van der Waals surface area contributed by atoms with Crippen molar-refractivity contribution >= 4 is 48.3 Å². The number of sulfonamides is 1. The van der Waals surface area contributed by atoms with Crippen molar-refractivity contribution in [3.05, 3.63) is 35.3 Å². The molecule has 35 heavy (non-hydrogen) atoms. The monoisotopic (exact) mass is 513 g/mol. The van der Waals surface area contributed by atoms with E-state index in [1.165, 1.54) is 11.1 Å². The summed E-state index contributed by atoms with van der Waals surface area (Å²) in [6, 6.07) is 8.19. The number of H-pyrrole nitrogens is 1. The van der Waals surface area contributed by atoms with Gasteiger partial charge in [-0.1, -0.05) is 12.1 Å². The zero-order chi connectivity index (χ0) is 24.0. The van der Waals surface area contributed by atoms with E-state index in [1.54, 1.807) is 15.6 Å². The summed E-state index contributed by atoms with van der Waals surface area (Å²) in [6.45, 7) is 6.22. The molecule has 183 valence electrons. The Morgan fingerprint density at radius 2 is 1.94 bits per heavy atom. The summed E-state index contributed by atoms with van der Waals surface area (Å²) in [6.07, 6.45) is 3.10. The van der Waals surface area contributed by atoms with Crippen LogP contribution >= 0.6 is 11.3 Å². The van der Waals surface area contributed by atoms with Crippen LogP contribution < -0.4 is 4.90 Å². The van der Waals surface area contributed by atoms with Crippen molar-refractivity contribution < 1.29 is 13.2 Å². The summed E-state index contributed by atoms with van der Waals surface area (Å²) in [5, 5.41) is 8.23. The van der Waals surface area contributed by atoms with Gasteiger partial charge in [-0.3, -0.25) is 10.00 Å². The maximum Gasteiger partial charge on any atom is 0.298 e. The van der Waals surface area contributed by atoms with Gasteiger partial charge in [0.25, 0.3) is 5.82 Å². The smallest absolute Gasteiger partial charge is 0.298 e. The highest BCUT2D eigenvalue weighted by Crippen LogP contribution is 2.36. The molecule has 12 heteroatoms. The minimum absolute atomic E-state index is 0.529. The molecule has 2 aliphatic rings. The molecule has 0 atom stereocenters. The van der Waals surface area contributed by atoms with Crippen LogP contribution in [0.4, 0.5) is 5.82 Å². The van der Waals surface area contributed by atoms with Crippen molar-refractivity contribution in [2.45, 2.75) is 6.54 Å². The molecule has 0 amide bonds. The first kappa shape index (κ1) is 23.0. The largest absolute Gasteiger partial charge is 0.369 e. The molecule has 0 saturated carbocycles. The van der Waals surface area contributed by atoms with Crippen LogP contribution in [0.3, 0.4) is 0 Å². The fourth-order valence-corrected chi connectivity index (χ4v) is 6.74. The lowest BCUT2D eigenvalue weighted by Crippen LogP contribution is -2.47. The lowest BCUT2D eigenvalue weighted by Gasteiger charge is -2.32. The molecule has 2 aliphatic heterocycles. The van der Waals surface area contributed by atoms with E-state index in [9.17, 15) is 8.42 Å². The van der Waals surface area contributed by atoms with Crippen LogP contribution in [0.2, 0.25) is 0 Å². The Kier molecular flexibility index (Phi) is 6.03. The number of piperazine rings is 1. The van der Waals surface area contributed by atoms with Gasteiger partial charge in [0.1, 0.15) is 17.9 Å². The number of morpholine rings is 1. The quantitative estimate of drug-likeness (QED) is 0.407. The average Bonchev–Trinajstić information content (AvgIpc) is 3.50. The first-order valence-electron chi connectivity index (χ1n) is 11.7. The maximum atomic E-state index is 11.8. The SMILES string of the molecule is CS(=O)(=O)N1CCN(Cc2cc3nc(-c4cccc5[nH]ncc45)nc([N+]4CCOCC4)c3s2)CC1. The zero-order valence-electron chi connectivity index (χ0n) is 19.5. The number of aromatic nitrogens is 4. The first-order chi connectivity index (χ1) is 17.0. The molecule has 4 aromatic rings. The van der Waals surface area contributed by atoms with E-state index in [2.05, 4.69) is 26.1 Å². The van der Waals surface area contributed by atoms with Gasteiger partial charge in [0, 0.05) is 48.6 Å². The Morgan fingerprint density at radius 3 is 2.71 bits per heavy atom. The Labute approximate surface area is 207 Å². The molecule has 1 N–H and O–H groups in total. The number of fused-ring (bicyclic) bond motifs is 2. The van der Waals surface area contributed by atoms with Gasteiger partial charge in [0.2, 0.25) is 10.0 Å². The topological polar surface area (TPSA) is 110 Å². The third kappa shape index (κ3) is 4.57.